The van der Waals surface area contributed by atoms with Crippen molar-refractivity contribution in [1.82, 2.24) is 0 Å². The first-order valence-corrected chi connectivity index (χ1v) is 4.81. The molecule has 0 aliphatic carbocycles. The normalized spacial score (nSPS) is 10.8. The molecule has 0 aliphatic heterocycles. The lowest BCUT2D eigenvalue weighted by Crippen LogP contribution is -2.17. The number of carbonyl (C=O) groups excluding carboxylic acids is 1. The quantitative estimate of drug-likeness (QED) is 0.265. The van der Waals surface area contributed by atoms with Gasteiger partial charge in [-0.2, -0.15) is 4.39 Å². The molecule has 6 heteroatoms. The van der Waals surface area contributed by atoms with Gasteiger partial charge in [0.05, 0.1) is 5.92 Å². The molecule has 0 saturated heterocycles. The Hall–Kier alpha value is -1.59. The Morgan fingerprint density at radius 3 is 1.94 bits per heavy atom. The molecule has 0 unspecified atom stereocenters. The minimum atomic E-state index is -2.00. The second-order valence-electron chi connectivity index (χ2n) is 3.79. The summed E-state index contributed by atoms with van der Waals surface area (Å²) in [6, 6.07) is 0. The Labute approximate surface area is 95.2 Å². The van der Waals surface area contributed by atoms with Crippen LogP contribution in [0.2, 0.25) is 0 Å². The molecule has 0 radical (unpaired) electrons. The van der Waals surface area contributed by atoms with E-state index in [9.17, 15) is 22.4 Å². The predicted molar refractivity (Wildman–Crippen MR) is 51.5 cm³/mol. The average molecular weight is 250 g/mol. The number of hydrogen-bond acceptors (Lipinski definition) is 2. The summed E-state index contributed by atoms with van der Waals surface area (Å²) in [5, 5.41) is 0. The second kappa shape index (κ2) is 4.73. The van der Waals surface area contributed by atoms with Gasteiger partial charge in [-0.15, -0.1) is 0 Å². The van der Waals surface area contributed by atoms with E-state index in [0.717, 1.165) is 6.92 Å². The largest absolute Gasteiger partial charge is 0.423 e. The maximum absolute atomic E-state index is 13.3. The zero-order chi connectivity index (χ0) is 13.3. The highest BCUT2D eigenvalue weighted by molar-refractivity contribution is 5.74. The molecule has 0 bridgehead atoms. The van der Waals surface area contributed by atoms with Crippen LogP contribution in [-0.2, 0) is 4.79 Å². The Morgan fingerprint density at radius 2 is 1.47 bits per heavy atom. The minimum absolute atomic E-state index is 0.588. The van der Waals surface area contributed by atoms with E-state index in [1.807, 2.05) is 0 Å². The maximum Gasteiger partial charge on any atom is 0.313 e. The van der Waals surface area contributed by atoms with E-state index in [4.69, 9.17) is 0 Å². The van der Waals surface area contributed by atoms with Crippen molar-refractivity contribution in [2.45, 2.75) is 20.8 Å². The molecule has 2 nitrogen and oxygen atoms in total. The first-order valence-electron chi connectivity index (χ1n) is 4.81. The van der Waals surface area contributed by atoms with E-state index in [1.54, 1.807) is 0 Å². The molecule has 1 rings (SSSR count). The average Bonchev–Trinajstić information content (AvgIpc) is 2.29. The van der Waals surface area contributed by atoms with Gasteiger partial charge >= 0.3 is 5.97 Å². The lowest BCUT2D eigenvalue weighted by molar-refractivity contribution is -0.138. The number of hydrogen-bond donors (Lipinski definition) is 0. The standard InChI is InChI=1S/C11H10F4O2/c1-4(2)11(16)17-10-5(3)6(12)7(13)8(14)9(10)15/h4H,1-3H3. The van der Waals surface area contributed by atoms with Gasteiger partial charge in [-0.05, 0) is 6.92 Å². The van der Waals surface area contributed by atoms with Crippen LogP contribution in [0.15, 0.2) is 0 Å². The molecule has 0 heterocycles. The molecule has 0 atom stereocenters. The fourth-order valence-electron chi connectivity index (χ4n) is 1.06. The molecule has 1 aromatic rings. The highest BCUT2D eigenvalue weighted by Crippen LogP contribution is 2.30. The number of carbonyl (C=O) groups is 1. The SMILES string of the molecule is Cc1c(F)c(F)c(F)c(F)c1OC(=O)C(C)C. The number of ether oxygens (including phenoxy) is 1. The van der Waals surface area contributed by atoms with E-state index in [0.29, 0.717) is 0 Å². The summed E-state index contributed by atoms with van der Waals surface area (Å²) >= 11 is 0. The summed E-state index contributed by atoms with van der Waals surface area (Å²) in [5.74, 6) is -9.60. The van der Waals surface area contributed by atoms with Gasteiger partial charge in [0.15, 0.2) is 17.4 Å². The molecule has 0 aliphatic rings. The van der Waals surface area contributed by atoms with Crippen LogP contribution in [0.4, 0.5) is 17.6 Å². The molecule has 17 heavy (non-hydrogen) atoms. The Morgan fingerprint density at radius 1 is 1.00 bits per heavy atom. The summed E-state index contributed by atoms with van der Waals surface area (Å²) in [7, 11) is 0. The smallest absolute Gasteiger partial charge is 0.313 e. The summed E-state index contributed by atoms with van der Waals surface area (Å²) in [5.41, 5.74) is -0.588. The van der Waals surface area contributed by atoms with Crippen LogP contribution in [0.3, 0.4) is 0 Å². The van der Waals surface area contributed by atoms with Crippen molar-refractivity contribution in [3.8, 4) is 5.75 Å². The first kappa shape index (κ1) is 13.5. The lowest BCUT2D eigenvalue weighted by atomic mass is 10.1. The van der Waals surface area contributed by atoms with Crippen LogP contribution < -0.4 is 4.74 Å². The summed E-state index contributed by atoms with van der Waals surface area (Å²) < 4.78 is 56.6. The zero-order valence-corrected chi connectivity index (χ0v) is 9.41. The topological polar surface area (TPSA) is 26.3 Å². The summed E-state index contributed by atoms with van der Waals surface area (Å²) in [4.78, 5) is 11.2. The first-order chi connectivity index (χ1) is 7.77. The molecule has 1 aromatic carbocycles. The van der Waals surface area contributed by atoms with E-state index in [1.165, 1.54) is 13.8 Å². The number of esters is 1. The molecule has 0 saturated carbocycles. The van der Waals surface area contributed by atoms with Crippen molar-refractivity contribution in [2.75, 3.05) is 0 Å². The van der Waals surface area contributed by atoms with E-state index in [2.05, 4.69) is 4.74 Å². The second-order valence-corrected chi connectivity index (χ2v) is 3.79. The molecular weight excluding hydrogens is 240 g/mol. The third-order valence-corrected chi connectivity index (χ3v) is 2.12. The molecule has 0 spiro atoms. The van der Waals surface area contributed by atoms with Crippen molar-refractivity contribution >= 4 is 5.97 Å². The Balaban J connectivity index is 3.30. The van der Waals surface area contributed by atoms with Gasteiger partial charge in [0.1, 0.15) is 0 Å². The predicted octanol–water partition coefficient (Wildman–Crippen LogP) is 3.11. The van der Waals surface area contributed by atoms with Crippen molar-refractivity contribution in [3.05, 3.63) is 28.8 Å². The van der Waals surface area contributed by atoms with Crippen molar-refractivity contribution < 1.29 is 27.1 Å². The molecule has 0 N–H and O–H groups in total. The van der Waals surface area contributed by atoms with Crippen LogP contribution in [-0.4, -0.2) is 5.97 Å². The van der Waals surface area contributed by atoms with Gasteiger partial charge in [0, 0.05) is 5.56 Å². The molecule has 94 valence electrons. The fourth-order valence-corrected chi connectivity index (χ4v) is 1.06. The van der Waals surface area contributed by atoms with Crippen LogP contribution in [0, 0.1) is 36.1 Å². The van der Waals surface area contributed by atoms with Gasteiger partial charge in [0.25, 0.3) is 0 Å². The van der Waals surface area contributed by atoms with Gasteiger partial charge in [0.2, 0.25) is 11.6 Å². The van der Waals surface area contributed by atoms with E-state index in [-0.39, 0.29) is 0 Å². The van der Waals surface area contributed by atoms with Gasteiger partial charge in [-0.1, -0.05) is 13.8 Å². The number of rotatable bonds is 2. The van der Waals surface area contributed by atoms with Crippen LogP contribution in [0.1, 0.15) is 19.4 Å². The molecule has 0 amide bonds. The lowest BCUT2D eigenvalue weighted by Gasteiger charge is -2.11. The van der Waals surface area contributed by atoms with Gasteiger partial charge in [-0.3, -0.25) is 4.79 Å². The van der Waals surface area contributed by atoms with Crippen molar-refractivity contribution in [2.24, 2.45) is 5.92 Å². The molecule has 0 fully saturated rings. The van der Waals surface area contributed by atoms with Crippen LogP contribution in [0.5, 0.6) is 5.75 Å². The van der Waals surface area contributed by atoms with Crippen LogP contribution >= 0.6 is 0 Å². The summed E-state index contributed by atoms with van der Waals surface area (Å²) in [6.45, 7) is 3.92. The monoisotopic (exact) mass is 250 g/mol. The highest BCUT2D eigenvalue weighted by Gasteiger charge is 2.26. The third-order valence-electron chi connectivity index (χ3n) is 2.12. The molecular formula is C11H10F4O2. The highest BCUT2D eigenvalue weighted by atomic mass is 19.2. The zero-order valence-electron chi connectivity index (χ0n) is 9.41. The Kier molecular flexibility index (Phi) is 3.75. The fraction of sp³-hybridized carbons (Fsp3) is 0.364. The van der Waals surface area contributed by atoms with Crippen LogP contribution in [0.25, 0.3) is 0 Å². The Bertz CT molecular complexity index is 440. The third kappa shape index (κ3) is 2.40. The van der Waals surface area contributed by atoms with Crippen molar-refractivity contribution in [1.29, 1.82) is 0 Å². The van der Waals surface area contributed by atoms with Crippen molar-refractivity contribution in [3.63, 3.8) is 0 Å². The van der Waals surface area contributed by atoms with Gasteiger partial charge < -0.3 is 4.74 Å². The minimum Gasteiger partial charge on any atom is -0.423 e. The van der Waals surface area contributed by atoms with E-state index < -0.39 is 46.5 Å². The number of benzene rings is 1. The molecule has 0 aromatic heterocycles. The summed E-state index contributed by atoms with van der Waals surface area (Å²) in [6.07, 6.45) is 0. The van der Waals surface area contributed by atoms with Gasteiger partial charge in [-0.25, -0.2) is 13.2 Å². The van der Waals surface area contributed by atoms with E-state index >= 15 is 0 Å². The maximum atomic E-state index is 13.3. The number of halogens is 4.